The third-order valence-electron chi connectivity index (χ3n) is 10.2. The summed E-state index contributed by atoms with van der Waals surface area (Å²) in [5, 5.41) is 9.78. The van der Waals surface area contributed by atoms with Gasteiger partial charge in [-0.25, -0.2) is 18.7 Å². The van der Waals surface area contributed by atoms with Gasteiger partial charge < -0.3 is 25.8 Å². The van der Waals surface area contributed by atoms with Crippen molar-refractivity contribution >= 4 is 49.0 Å². The first kappa shape index (κ1) is 33.1. The number of anilines is 3. The van der Waals surface area contributed by atoms with Gasteiger partial charge in [0.05, 0.1) is 29.1 Å². The number of nitriles is 1. The first-order chi connectivity index (χ1) is 24.4. The molecule has 0 aliphatic carbocycles. The molecule has 0 saturated carbocycles. The Kier molecular flexibility index (Phi) is 7.79. The minimum Gasteiger partial charge on any atom is -0.490 e. The summed E-state index contributed by atoms with van der Waals surface area (Å²) in [5.41, 5.74) is 9.13. The molecule has 4 N–H and O–H groups in total. The summed E-state index contributed by atoms with van der Waals surface area (Å²) in [5.74, 6) is -1.93. The standard InChI is InChI=1S/C34H30F5N9O2S/c1-16(20-12-43-15-44-29(20)41)48-8-9-49-28-24-27(45-32(46-31(24)48)50-14-33-6-3-7-47(33)13-17(35)10-33)26(36)23(25(28)34(37,38)39)18-4-2-5-21-22(18)19(11-40)30(42)51-21/h2,4-5,12,15-17H,3,6-10,13-14,42H2,1H3,(H2,41,43,44)/t16-,17-,33+/m1/s1. The van der Waals surface area contributed by atoms with Crippen molar-refractivity contribution in [1.82, 2.24) is 24.8 Å². The van der Waals surface area contributed by atoms with Crippen molar-refractivity contribution in [3.8, 4) is 29.0 Å². The zero-order chi connectivity index (χ0) is 35.8. The van der Waals surface area contributed by atoms with E-state index in [9.17, 15) is 9.65 Å². The Balaban J connectivity index is 1.40. The summed E-state index contributed by atoms with van der Waals surface area (Å²) in [7, 11) is 0. The average Bonchev–Trinajstić information content (AvgIpc) is 3.69. The molecular formula is C34H30F5N9O2S. The first-order valence-corrected chi connectivity index (χ1v) is 17.1. The maximum absolute atomic E-state index is 17.3. The third-order valence-corrected chi connectivity index (χ3v) is 11.2. The van der Waals surface area contributed by atoms with Gasteiger partial charge in [0.25, 0.3) is 0 Å². The summed E-state index contributed by atoms with van der Waals surface area (Å²) in [6, 6.07) is 5.37. The van der Waals surface area contributed by atoms with E-state index in [0.717, 1.165) is 17.8 Å². The van der Waals surface area contributed by atoms with Crippen molar-refractivity contribution < 1.29 is 31.4 Å². The van der Waals surface area contributed by atoms with Crippen molar-refractivity contribution in [3.63, 3.8) is 0 Å². The number of nitrogens with two attached hydrogens (primary N) is 2. The highest BCUT2D eigenvalue weighted by atomic mass is 32.1. The van der Waals surface area contributed by atoms with E-state index in [2.05, 4.69) is 19.9 Å². The van der Waals surface area contributed by atoms with Crippen LogP contribution in [0.2, 0.25) is 0 Å². The lowest BCUT2D eigenvalue weighted by atomic mass is 9.91. The fourth-order valence-electron chi connectivity index (χ4n) is 7.91. The van der Waals surface area contributed by atoms with E-state index in [1.807, 2.05) is 11.0 Å². The predicted molar refractivity (Wildman–Crippen MR) is 181 cm³/mol. The third kappa shape index (κ3) is 5.22. The highest BCUT2D eigenvalue weighted by Gasteiger charge is 2.50. The zero-order valence-electron chi connectivity index (χ0n) is 27.1. The Morgan fingerprint density at radius 2 is 2.04 bits per heavy atom. The molecule has 2 fully saturated rings. The van der Waals surface area contributed by atoms with Gasteiger partial charge in [-0.05, 0) is 37.9 Å². The van der Waals surface area contributed by atoms with Crippen molar-refractivity contribution in [2.45, 2.75) is 50.1 Å². The number of aromatic nitrogens is 4. The van der Waals surface area contributed by atoms with Crippen LogP contribution in [0.15, 0.2) is 30.7 Å². The largest absolute Gasteiger partial charge is 0.490 e. The molecule has 3 atom stereocenters. The maximum Gasteiger partial charge on any atom is 0.420 e. The first-order valence-electron chi connectivity index (χ1n) is 16.2. The summed E-state index contributed by atoms with van der Waals surface area (Å²) >= 11 is 1.01. The minimum atomic E-state index is -5.14. The lowest BCUT2D eigenvalue weighted by Gasteiger charge is -2.32. The van der Waals surface area contributed by atoms with Crippen LogP contribution in [0.3, 0.4) is 0 Å². The van der Waals surface area contributed by atoms with E-state index in [0.29, 0.717) is 23.2 Å². The number of nitrogen functional groups attached to an aromatic ring is 2. The van der Waals surface area contributed by atoms with Gasteiger partial charge in [-0.15, -0.1) is 11.3 Å². The van der Waals surface area contributed by atoms with Crippen LogP contribution in [0, 0.1) is 17.1 Å². The molecule has 0 bridgehead atoms. The van der Waals surface area contributed by atoms with Gasteiger partial charge in [-0.2, -0.15) is 28.4 Å². The lowest BCUT2D eigenvalue weighted by Crippen LogP contribution is -2.43. The van der Waals surface area contributed by atoms with Gasteiger partial charge in [-0.3, -0.25) is 4.90 Å². The second-order valence-electron chi connectivity index (χ2n) is 13.0. The Morgan fingerprint density at radius 1 is 1.22 bits per heavy atom. The summed E-state index contributed by atoms with van der Waals surface area (Å²) < 4.78 is 90.6. The van der Waals surface area contributed by atoms with E-state index >= 15 is 17.6 Å². The number of rotatable bonds is 6. The van der Waals surface area contributed by atoms with Gasteiger partial charge in [0, 0.05) is 40.4 Å². The van der Waals surface area contributed by atoms with E-state index in [4.69, 9.17) is 20.9 Å². The van der Waals surface area contributed by atoms with Gasteiger partial charge in [0.2, 0.25) is 0 Å². The van der Waals surface area contributed by atoms with Crippen LogP contribution in [-0.2, 0) is 6.18 Å². The topological polar surface area (TPSA) is 152 Å². The van der Waals surface area contributed by atoms with Crippen LogP contribution in [0.4, 0.5) is 38.6 Å². The normalized spacial score (nSPS) is 21.0. The quantitative estimate of drug-likeness (QED) is 0.187. The molecule has 51 heavy (non-hydrogen) atoms. The van der Waals surface area contributed by atoms with Crippen LogP contribution in [0.1, 0.15) is 48.9 Å². The molecular weight excluding hydrogens is 693 g/mol. The van der Waals surface area contributed by atoms with E-state index in [-0.39, 0.29) is 77.3 Å². The Morgan fingerprint density at radius 3 is 2.80 bits per heavy atom. The van der Waals surface area contributed by atoms with Crippen molar-refractivity contribution in [2.24, 2.45) is 0 Å². The molecule has 11 nitrogen and oxygen atoms in total. The summed E-state index contributed by atoms with van der Waals surface area (Å²) in [6.07, 6.45) is -1.68. The number of ether oxygens (including phenoxy) is 2. The summed E-state index contributed by atoms with van der Waals surface area (Å²) in [6.45, 7) is 2.43. The number of nitrogens with zero attached hydrogens (tertiary/aromatic N) is 7. The summed E-state index contributed by atoms with van der Waals surface area (Å²) in [4.78, 5) is 20.8. The SMILES string of the molecule is C[C@H](c1cncnc1N)N1CCOc2c(C(F)(F)F)c(-c3cccc4sc(N)c(C#N)c34)c(F)c3nc(OC[C@@]45CCCN4C[C@H](F)C5)nc1c23. The van der Waals surface area contributed by atoms with Gasteiger partial charge in [0.1, 0.15) is 65.2 Å². The molecule has 3 aromatic heterocycles. The van der Waals surface area contributed by atoms with Gasteiger partial charge >= 0.3 is 12.2 Å². The monoisotopic (exact) mass is 723 g/mol. The highest BCUT2D eigenvalue weighted by molar-refractivity contribution is 7.23. The van der Waals surface area contributed by atoms with Crippen LogP contribution < -0.4 is 25.8 Å². The Labute approximate surface area is 291 Å². The van der Waals surface area contributed by atoms with Crippen LogP contribution in [0.25, 0.3) is 32.1 Å². The van der Waals surface area contributed by atoms with E-state index in [1.54, 1.807) is 17.9 Å². The Hall–Kier alpha value is -5.08. The Bertz CT molecular complexity index is 2260. The molecule has 0 unspecified atom stereocenters. The van der Waals surface area contributed by atoms with Crippen molar-refractivity contribution in [2.75, 3.05) is 49.2 Å². The fourth-order valence-corrected chi connectivity index (χ4v) is 8.85. The molecule has 17 heteroatoms. The molecule has 6 heterocycles. The van der Waals surface area contributed by atoms with E-state index in [1.165, 1.54) is 24.7 Å². The number of benzene rings is 2. The van der Waals surface area contributed by atoms with E-state index < -0.39 is 52.1 Å². The second kappa shape index (κ2) is 12.0. The average molecular weight is 724 g/mol. The van der Waals surface area contributed by atoms with Crippen LogP contribution in [-0.4, -0.2) is 69.4 Å². The smallest absolute Gasteiger partial charge is 0.420 e. The van der Waals surface area contributed by atoms with Crippen LogP contribution in [0.5, 0.6) is 11.8 Å². The van der Waals surface area contributed by atoms with Gasteiger partial charge in [0.15, 0.2) is 5.82 Å². The van der Waals surface area contributed by atoms with Gasteiger partial charge in [-0.1, -0.05) is 12.1 Å². The molecule has 3 aliphatic rings. The number of hydrogen-bond acceptors (Lipinski definition) is 12. The molecule has 2 saturated heterocycles. The number of halogens is 5. The fraction of sp³-hybridized carbons (Fsp3) is 0.382. The second-order valence-corrected chi connectivity index (χ2v) is 14.1. The number of hydrogen-bond donors (Lipinski definition) is 2. The predicted octanol–water partition coefficient (Wildman–Crippen LogP) is 6.41. The molecule has 5 aromatic rings. The number of thiophene rings is 1. The molecule has 2 aromatic carbocycles. The van der Waals surface area contributed by atoms with Crippen molar-refractivity contribution in [1.29, 1.82) is 5.26 Å². The highest BCUT2D eigenvalue weighted by Crippen LogP contribution is 2.53. The molecule has 0 radical (unpaired) electrons. The molecule has 0 amide bonds. The zero-order valence-corrected chi connectivity index (χ0v) is 27.9. The maximum atomic E-state index is 17.3. The molecule has 0 spiro atoms. The van der Waals surface area contributed by atoms with Crippen molar-refractivity contribution in [3.05, 3.63) is 53.2 Å². The molecule has 3 aliphatic heterocycles. The minimum absolute atomic E-state index is 0.000454. The molecule has 8 rings (SSSR count). The number of alkyl halides is 4. The molecule has 264 valence electrons. The lowest BCUT2D eigenvalue weighted by molar-refractivity contribution is -0.138. The number of fused-ring (bicyclic) bond motifs is 2. The van der Waals surface area contributed by atoms with Crippen LogP contribution >= 0.6 is 11.3 Å².